The third-order valence-electron chi connectivity index (χ3n) is 6.09. The quantitative estimate of drug-likeness (QED) is 0.302. The van der Waals surface area contributed by atoms with Crippen molar-refractivity contribution in [2.75, 3.05) is 20.6 Å². The number of fused-ring (bicyclic) bond motifs is 1. The Morgan fingerprint density at radius 1 is 0.818 bits per heavy atom. The molecular formula is C29H29ClN2O. The van der Waals surface area contributed by atoms with E-state index < -0.39 is 0 Å². The molecule has 0 aliphatic rings. The average molecular weight is 457 g/mol. The zero-order valence-electron chi connectivity index (χ0n) is 19.4. The van der Waals surface area contributed by atoms with Gasteiger partial charge in [-0.25, -0.2) is 0 Å². The van der Waals surface area contributed by atoms with Crippen LogP contribution < -0.4 is 0 Å². The van der Waals surface area contributed by atoms with Crippen LogP contribution in [0.25, 0.3) is 21.9 Å². The molecule has 0 heterocycles. The van der Waals surface area contributed by atoms with Gasteiger partial charge in [-0.3, -0.25) is 4.79 Å². The van der Waals surface area contributed by atoms with Gasteiger partial charge in [-0.05, 0) is 77.0 Å². The molecule has 0 radical (unpaired) electrons. The molecule has 0 bridgehead atoms. The highest BCUT2D eigenvalue weighted by atomic mass is 35.5. The summed E-state index contributed by atoms with van der Waals surface area (Å²) in [6.45, 7) is 4.67. The van der Waals surface area contributed by atoms with Crippen LogP contribution in [0.3, 0.4) is 0 Å². The van der Waals surface area contributed by atoms with Gasteiger partial charge in [0.25, 0.3) is 5.91 Å². The molecule has 0 aliphatic carbocycles. The van der Waals surface area contributed by atoms with Gasteiger partial charge in [0.2, 0.25) is 0 Å². The highest BCUT2D eigenvalue weighted by Gasteiger charge is 2.14. The number of halogens is 1. The van der Waals surface area contributed by atoms with Crippen molar-refractivity contribution in [1.82, 2.24) is 9.80 Å². The minimum atomic E-state index is 0.0100. The van der Waals surface area contributed by atoms with Crippen molar-refractivity contribution in [3.05, 3.63) is 107 Å². The molecule has 4 rings (SSSR count). The summed E-state index contributed by atoms with van der Waals surface area (Å²) in [5.41, 5.74) is 5.27. The highest BCUT2D eigenvalue weighted by molar-refractivity contribution is 6.30. The van der Waals surface area contributed by atoms with E-state index >= 15 is 0 Å². The van der Waals surface area contributed by atoms with Gasteiger partial charge in [-0.2, -0.15) is 0 Å². The maximum absolute atomic E-state index is 13.1. The Morgan fingerprint density at radius 2 is 1.48 bits per heavy atom. The number of hydrogen-bond donors (Lipinski definition) is 0. The summed E-state index contributed by atoms with van der Waals surface area (Å²) in [6, 6.07) is 28.4. The summed E-state index contributed by atoms with van der Waals surface area (Å²) in [5.74, 6) is 0.0100. The Balaban J connectivity index is 1.49. The molecule has 0 aliphatic heterocycles. The molecule has 168 valence electrons. The second kappa shape index (κ2) is 10.2. The lowest BCUT2D eigenvalue weighted by molar-refractivity contribution is 0.0785. The minimum Gasteiger partial charge on any atom is -0.337 e. The van der Waals surface area contributed by atoms with Crippen molar-refractivity contribution in [3.8, 4) is 11.1 Å². The second-order valence-electron chi connectivity index (χ2n) is 8.55. The molecule has 3 nitrogen and oxygen atoms in total. The van der Waals surface area contributed by atoms with Gasteiger partial charge in [-0.1, -0.05) is 73.1 Å². The molecule has 1 amide bonds. The first-order valence-corrected chi connectivity index (χ1v) is 11.6. The fourth-order valence-corrected chi connectivity index (χ4v) is 4.18. The molecule has 4 heteroatoms. The van der Waals surface area contributed by atoms with Crippen LogP contribution in [0.15, 0.2) is 84.9 Å². The predicted octanol–water partition coefficient (Wildman–Crippen LogP) is 6.88. The SMILES string of the molecule is CCN(C)Cc1ccc2c(CN(C)C(=O)c3ccc(-c4ccc(Cl)cc4)cc3)cccc2c1. The van der Waals surface area contributed by atoms with Crippen LogP contribution in [-0.2, 0) is 13.1 Å². The molecule has 0 N–H and O–H groups in total. The molecule has 4 aromatic rings. The first-order valence-electron chi connectivity index (χ1n) is 11.2. The molecule has 4 aromatic carbocycles. The summed E-state index contributed by atoms with van der Waals surface area (Å²) in [7, 11) is 3.99. The van der Waals surface area contributed by atoms with E-state index in [9.17, 15) is 4.79 Å². The topological polar surface area (TPSA) is 23.6 Å². The molecule has 0 atom stereocenters. The molecule has 0 spiro atoms. The number of rotatable bonds is 7. The Kier molecular flexibility index (Phi) is 7.12. The molecule has 0 unspecified atom stereocenters. The van der Waals surface area contributed by atoms with Crippen LogP contribution in [0.2, 0.25) is 5.02 Å². The normalized spacial score (nSPS) is 11.2. The lowest BCUT2D eigenvalue weighted by Gasteiger charge is -2.19. The fraction of sp³-hybridized carbons (Fsp3) is 0.207. The number of hydrogen-bond acceptors (Lipinski definition) is 2. The van der Waals surface area contributed by atoms with Gasteiger partial charge in [0.1, 0.15) is 0 Å². The summed E-state index contributed by atoms with van der Waals surface area (Å²) in [5, 5.41) is 3.12. The van der Waals surface area contributed by atoms with E-state index in [4.69, 9.17) is 11.6 Å². The Morgan fingerprint density at radius 3 is 2.15 bits per heavy atom. The highest BCUT2D eigenvalue weighted by Crippen LogP contribution is 2.24. The monoisotopic (exact) mass is 456 g/mol. The summed E-state index contributed by atoms with van der Waals surface area (Å²) < 4.78 is 0. The first kappa shape index (κ1) is 23.0. The summed E-state index contributed by atoms with van der Waals surface area (Å²) >= 11 is 5.99. The Bertz CT molecular complexity index is 1250. The van der Waals surface area contributed by atoms with Crippen LogP contribution in [0.1, 0.15) is 28.4 Å². The van der Waals surface area contributed by atoms with E-state index in [1.807, 2.05) is 55.6 Å². The predicted molar refractivity (Wildman–Crippen MR) is 139 cm³/mol. The maximum Gasteiger partial charge on any atom is 0.253 e. The lowest BCUT2D eigenvalue weighted by atomic mass is 10.0. The fourth-order valence-electron chi connectivity index (χ4n) is 4.06. The van der Waals surface area contributed by atoms with Gasteiger partial charge < -0.3 is 9.80 Å². The van der Waals surface area contributed by atoms with Gasteiger partial charge in [0, 0.05) is 30.7 Å². The van der Waals surface area contributed by atoms with E-state index in [0.717, 1.165) is 29.8 Å². The number of amides is 1. The van der Waals surface area contributed by atoms with E-state index in [1.165, 1.54) is 16.3 Å². The van der Waals surface area contributed by atoms with E-state index in [1.54, 1.807) is 4.90 Å². The van der Waals surface area contributed by atoms with Crippen LogP contribution in [0, 0.1) is 0 Å². The summed E-state index contributed by atoms with van der Waals surface area (Å²) in [6.07, 6.45) is 0. The van der Waals surface area contributed by atoms with Gasteiger partial charge in [0.15, 0.2) is 0 Å². The van der Waals surface area contributed by atoms with Crippen molar-refractivity contribution >= 4 is 28.3 Å². The molecule has 33 heavy (non-hydrogen) atoms. The van der Waals surface area contributed by atoms with E-state index in [0.29, 0.717) is 17.1 Å². The average Bonchev–Trinajstić information content (AvgIpc) is 2.84. The standard InChI is InChI=1S/C29H29ClN2O/c1-4-31(2)19-21-8-17-28-25(18-21)6-5-7-26(28)20-32(3)29(33)24-11-9-22(10-12-24)23-13-15-27(30)16-14-23/h5-18H,4,19-20H2,1-3H3. The second-order valence-corrected chi connectivity index (χ2v) is 8.98. The molecular weight excluding hydrogens is 428 g/mol. The zero-order chi connectivity index (χ0) is 23.4. The van der Waals surface area contributed by atoms with E-state index in [2.05, 4.69) is 55.3 Å². The molecule has 0 saturated carbocycles. The van der Waals surface area contributed by atoms with Crippen molar-refractivity contribution in [1.29, 1.82) is 0 Å². The third kappa shape index (κ3) is 5.44. The first-order chi connectivity index (χ1) is 15.9. The van der Waals surface area contributed by atoms with Crippen molar-refractivity contribution < 1.29 is 4.79 Å². The van der Waals surface area contributed by atoms with Crippen LogP contribution in [-0.4, -0.2) is 36.3 Å². The maximum atomic E-state index is 13.1. The third-order valence-corrected chi connectivity index (χ3v) is 6.34. The van der Waals surface area contributed by atoms with Crippen molar-refractivity contribution in [3.63, 3.8) is 0 Å². The van der Waals surface area contributed by atoms with Crippen molar-refractivity contribution in [2.24, 2.45) is 0 Å². The van der Waals surface area contributed by atoms with E-state index in [-0.39, 0.29) is 5.91 Å². The Labute approximate surface area is 201 Å². The summed E-state index contributed by atoms with van der Waals surface area (Å²) in [4.78, 5) is 17.2. The van der Waals surface area contributed by atoms with Gasteiger partial charge in [0.05, 0.1) is 0 Å². The number of carbonyl (C=O) groups is 1. The smallest absolute Gasteiger partial charge is 0.253 e. The molecule has 0 fully saturated rings. The number of benzene rings is 4. The van der Waals surface area contributed by atoms with Crippen LogP contribution in [0.5, 0.6) is 0 Å². The minimum absolute atomic E-state index is 0.0100. The number of carbonyl (C=O) groups excluding carboxylic acids is 1. The largest absolute Gasteiger partial charge is 0.337 e. The van der Waals surface area contributed by atoms with Crippen molar-refractivity contribution in [2.45, 2.75) is 20.0 Å². The Hall–Kier alpha value is -3.14. The van der Waals surface area contributed by atoms with Crippen LogP contribution in [0.4, 0.5) is 0 Å². The molecule has 0 aromatic heterocycles. The van der Waals surface area contributed by atoms with Crippen LogP contribution >= 0.6 is 11.6 Å². The molecule has 0 saturated heterocycles. The van der Waals surface area contributed by atoms with Gasteiger partial charge in [-0.15, -0.1) is 0 Å². The lowest BCUT2D eigenvalue weighted by Crippen LogP contribution is -2.26. The van der Waals surface area contributed by atoms with Gasteiger partial charge >= 0.3 is 0 Å². The number of nitrogens with zero attached hydrogens (tertiary/aromatic N) is 2. The zero-order valence-corrected chi connectivity index (χ0v) is 20.1.